The Labute approximate surface area is 97.9 Å². The fourth-order valence-corrected chi connectivity index (χ4v) is 2.07. The first-order valence-corrected chi connectivity index (χ1v) is 5.90. The minimum Gasteiger partial charge on any atom is -0.385 e. The normalized spacial score (nSPS) is 16.2. The summed E-state index contributed by atoms with van der Waals surface area (Å²) >= 11 is 0. The van der Waals surface area contributed by atoms with Crippen LogP contribution in [-0.2, 0) is 6.42 Å². The van der Waals surface area contributed by atoms with Crippen molar-refractivity contribution in [2.24, 2.45) is 0 Å². The van der Waals surface area contributed by atoms with Gasteiger partial charge < -0.3 is 5.32 Å². The van der Waals surface area contributed by atoms with E-state index in [1.807, 2.05) is 0 Å². The van der Waals surface area contributed by atoms with Gasteiger partial charge in [0.2, 0.25) is 0 Å². The van der Waals surface area contributed by atoms with E-state index in [1.165, 1.54) is 28.0 Å². The van der Waals surface area contributed by atoms with Crippen molar-refractivity contribution in [3.8, 4) is 0 Å². The maximum absolute atomic E-state index is 4.06. The second-order valence-corrected chi connectivity index (χ2v) is 4.43. The molecule has 0 amide bonds. The molecule has 16 heavy (non-hydrogen) atoms. The van der Waals surface area contributed by atoms with E-state index in [4.69, 9.17) is 0 Å². The van der Waals surface area contributed by atoms with Gasteiger partial charge in [-0.3, -0.25) is 0 Å². The maximum Gasteiger partial charge on any atom is 0.0357 e. The largest absolute Gasteiger partial charge is 0.385 e. The molecule has 1 N–H and O–H groups in total. The van der Waals surface area contributed by atoms with Crippen LogP contribution >= 0.6 is 0 Å². The highest BCUT2D eigenvalue weighted by Crippen LogP contribution is 2.27. The van der Waals surface area contributed by atoms with Gasteiger partial charge >= 0.3 is 0 Å². The summed E-state index contributed by atoms with van der Waals surface area (Å²) in [6.07, 6.45) is 2.10. The zero-order valence-electron chi connectivity index (χ0n) is 10.1. The lowest BCUT2D eigenvalue weighted by Gasteiger charge is -2.22. The predicted molar refractivity (Wildman–Crippen MR) is 70.2 cm³/mol. The van der Waals surface area contributed by atoms with E-state index < -0.39 is 0 Å². The molecule has 0 aromatic heterocycles. The molecule has 2 rings (SSSR count). The Morgan fingerprint density at radius 3 is 2.56 bits per heavy atom. The quantitative estimate of drug-likeness (QED) is 0.741. The number of benzene rings is 1. The van der Waals surface area contributed by atoms with Crippen molar-refractivity contribution >= 4 is 5.57 Å². The van der Waals surface area contributed by atoms with E-state index in [2.05, 4.69) is 50.0 Å². The van der Waals surface area contributed by atoms with Crippen molar-refractivity contribution in [3.63, 3.8) is 0 Å². The first-order valence-electron chi connectivity index (χ1n) is 5.90. The molecule has 1 nitrogen and oxygen atoms in total. The fraction of sp³-hybridized carbons (Fsp3) is 0.333. The summed E-state index contributed by atoms with van der Waals surface area (Å²) in [7, 11) is 0. The highest BCUT2D eigenvalue weighted by molar-refractivity contribution is 5.71. The van der Waals surface area contributed by atoms with E-state index in [9.17, 15) is 0 Å². The van der Waals surface area contributed by atoms with Crippen LogP contribution in [0.1, 0.15) is 31.4 Å². The lowest BCUT2D eigenvalue weighted by atomic mass is 9.93. The third-order valence-corrected chi connectivity index (χ3v) is 3.19. The van der Waals surface area contributed by atoms with Crippen molar-refractivity contribution in [1.82, 2.24) is 5.32 Å². The smallest absolute Gasteiger partial charge is 0.0357 e. The van der Waals surface area contributed by atoms with Crippen LogP contribution in [0, 0.1) is 0 Å². The van der Waals surface area contributed by atoms with Crippen LogP contribution in [0.15, 0.2) is 42.1 Å². The molecular weight excluding hydrogens is 194 g/mol. The zero-order valence-corrected chi connectivity index (χ0v) is 10.1. The summed E-state index contributed by atoms with van der Waals surface area (Å²) in [5, 5.41) is 3.39. The molecule has 0 spiro atoms. The van der Waals surface area contributed by atoms with Crippen LogP contribution < -0.4 is 5.32 Å². The molecule has 1 aromatic carbocycles. The van der Waals surface area contributed by atoms with Gasteiger partial charge in [-0.25, -0.2) is 0 Å². The van der Waals surface area contributed by atoms with Gasteiger partial charge in [-0.2, -0.15) is 0 Å². The molecule has 0 radical (unpaired) electrons. The van der Waals surface area contributed by atoms with Gasteiger partial charge in [0.15, 0.2) is 0 Å². The van der Waals surface area contributed by atoms with Gasteiger partial charge in [-0.15, -0.1) is 0 Å². The Bertz CT molecular complexity index is 423. The van der Waals surface area contributed by atoms with Crippen LogP contribution in [-0.4, -0.2) is 6.54 Å². The molecule has 1 heteroatoms. The first kappa shape index (κ1) is 11.0. The second-order valence-electron chi connectivity index (χ2n) is 4.43. The third kappa shape index (κ3) is 2.19. The van der Waals surface area contributed by atoms with Crippen molar-refractivity contribution in [2.45, 2.75) is 26.7 Å². The maximum atomic E-state index is 4.06. The molecule has 1 aliphatic rings. The minimum atomic E-state index is 0.919. The van der Waals surface area contributed by atoms with Crippen molar-refractivity contribution in [2.75, 3.05) is 6.54 Å². The number of hydrogen-bond acceptors (Lipinski definition) is 1. The minimum absolute atomic E-state index is 0.919. The van der Waals surface area contributed by atoms with Crippen LogP contribution in [0.5, 0.6) is 0 Å². The Balaban J connectivity index is 2.32. The monoisotopic (exact) mass is 213 g/mol. The summed E-state index contributed by atoms with van der Waals surface area (Å²) in [5.41, 5.74) is 6.66. The third-order valence-electron chi connectivity index (χ3n) is 3.19. The average molecular weight is 213 g/mol. The average Bonchev–Trinajstić information content (AvgIpc) is 2.32. The van der Waals surface area contributed by atoms with Crippen LogP contribution in [0.3, 0.4) is 0 Å². The lowest BCUT2D eigenvalue weighted by Crippen LogP contribution is -2.21. The summed E-state index contributed by atoms with van der Waals surface area (Å²) < 4.78 is 0. The molecule has 0 fully saturated rings. The Morgan fingerprint density at radius 2 is 1.94 bits per heavy atom. The summed E-state index contributed by atoms with van der Waals surface area (Å²) in [5.74, 6) is 0. The molecule has 0 unspecified atom stereocenters. The van der Waals surface area contributed by atoms with Gasteiger partial charge in [0.25, 0.3) is 0 Å². The van der Waals surface area contributed by atoms with E-state index in [0.717, 1.165) is 19.4 Å². The second kappa shape index (κ2) is 4.56. The summed E-state index contributed by atoms with van der Waals surface area (Å²) in [4.78, 5) is 0. The fourth-order valence-electron chi connectivity index (χ4n) is 2.07. The Kier molecular flexibility index (Phi) is 3.14. The van der Waals surface area contributed by atoms with Gasteiger partial charge in [-0.05, 0) is 36.5 Å². The van der Waals surface area contributed by atoms with Crippen LogP contribution in [0.2, 0.25) is 0 Å². The molecule has 0 atom stereocenters. The van der Waals surface area contributed by atoms with Crippen molar-refractivity contribution < 1.29 is 0 Å². The number of nitrogens with one attached hydrogen (secondary N) is 1. The standard InChI is InChI=1S/C15H19N/c1-4-13-5-7-14(8-6-13)15-9-11(2)10-16-12(15)3/h5-8,16H,2,4,9-10H2,1,3H3. The lowest BCUT2D eigenvalue weighted by molar-refractivity contribution is 0.823. The molecule has 0 saturated heterocycles. The Morgan fingerprint density at radius 1 is 1.25 bits per heavy atom. The predicted octanol–water partition coefficient (Wildman–Crippen LogP) is 3.53. The van der Waals surface area contributed by atoms with Gasteiger partial charge in [-0.1, -0.05) is 43.3 Å². The van der Waals surface area contributed by atoms with Gasteiger partial charge in [0, 0.05) is 12.2 Å². The van der Waals surface area contributed by atoms with E-state index in [-0.39, 0.29) is 0 Å². The number of rotatable bonds is 2. The topological polar surface area (TPSA) is 12.0 Å². The van der Waals surface area contributed by atoms with Crippen LogP contribution in [0.4, 0.5) is 0 Å². The molecule has 0 saturated carbocycles. The molecule has 84 valence electrons. The van der Waals surface area contributed by atoms with Gasteiger partial charge in [0.1, 0.15) is 0 Å². The number of hydrogen-bond donors (Lipinski definition) is 1. The molecule has 1 aliphatic heterocycles. The van der Waals surface area contributed by atoms with E-state index in [1.54, 1.807) is 0 Å². The summed E-state index contributed by atoms with van der Waals surface area (Å²) in [6.45, 7) is 9.31. The van der Waals surface area contributed by atoms with E-state index >= 15 is 0 Å². The van der Waals surface area contributed by atoms with Gasteiger partial charge in [0.05, 0.1) is 0 Å². The summed E-state index contributed by atoms with van der Waals surface area (Å²) in [6, 6.07) is 8.87. The highest BCUT2D eigenvalue weighted by atomic mass is 14.9. The van der Waals surface area contributed by atoms with Crippen molar-refractivity contribution in [3.05, 3.63) is 53.2 Å². The first-order chi connectivity index (χ1) is 7.70. The molecule has 1 aromatic rings. The van der Waals surface area contributed by atoms with Crippen LogP contribution in [0.25, 0.3) is 5.57 Å². The molecule has 0 bridgehead atoms. The Hall–Kier alpha value is -1.50. The highest BCUT2D eigenvalue weighted by Gasteiger charge is 2.12. The molecule has 1 heterocycles. The SMILES string of the molecule is C=C1CNC(C)=C(c2ccc(CC)cc2)C1. The molecular formula is C15H19N. The zero-order chi connectivity index (χ0) is 11.5. The van der Waals surface area contributed by atoms with E-state index in [0.29, 0.717) is 0 Å². The number of allylic oxidation sites excluding steroid dienone is 2. The van der Waals surface area contributed by atoms with Crippen molar-refractivity contribution in [1.29, 1.82) is 0 Å². The molecule has 0 aliphatic carbocycles. The number of aryl methyl sites for hydroxylation is 1.